The normalized spacial score (nSPS) is 30.7. The van der Waals surface area contributed by atoms with Crippen LogP contribution in [0.2, 0.25) is 0 Å². The van der Waals surface area contributed by atoms with E-state index < -0.39 is 72.2 Å². The van der Waals surface area contributed by atoms with Crippen molar-refractivity contribution >= 4 is 50.7 Å². The number of rotatable bonds is 8. The maximum atomic E-state index is 15.1. The molecule has 274 valence electrons. The standard InChI is InChI=1S/C37H41BrN6O8/c1-3-23(19-45)44-33-35(48)42(21-43-27-15-10-9-14-25(27)40-41-43)17-11-5-8-16-28(46)39-26(20-50-2)31(22-12-6-4-7-13-22)51-36(49)29-30(34(44)47)37(33)18-24(38)32(29)52-37/h4-7,9-15,18,23,26,29-33,45H,3,8,16-17,19-21H2,1-2H3,(H,39,46)/b11-5-/t23-,26+,29-,30+,31+,32-,33-,37+/m0/s1. The third kappa shape index (κ3) is 6.22. The number of amides is 3. The first-order valence-electron chi connectivity index (χ1n) is 17.5. The van der Waals surface area contributed by atoms with Crippen molar-refractivity contribution in [3.8, 4) is 0 Å². The van der Waals surface area contributed by atoms with Gasteiger partial charge in [-0.1, -0.05) is 82.7 Å². The number of cyclic esters (lactones) is 1. The number of carbonyl (C=O) groups excluding carboxylic acids is 4. The van der Waals surface area contributed by atoms with Gasteiger partial charge in [-0.25, -0.2) is 4.68 Å². The molecular formula is C37H41BrN6O8. The number of benzene rings is 2. The number of esters is 1. The third-order valence-corrected chi connectivity index (χ3v) is 11.1. The lowest BCUT2D eigenvalue weighted by molar-refractivity contribution is -0.163. The number of halogens is 1. The van der Waals surface area contributed by atoms with Gasteiger partial charge in [-0.2, -0.15) is 0 Å². The number of likely N-dealkylation sites (tertiary alicyclic amines) is 1. The summed E-state index contributed by atoms with van der Waals surface area (Å²) in [5, 5.41) is 22.1. The Labute approximate surface area is 308 Å². The smallest absolute Gasteiger partial charge is 0.313 e. The van der Waals surface area contributed by atoms with Gasteiger partial charge in [-0.15, -0.1) is 5.10 Å². The van der Waals surface area contributed by atoms with E-state index in [0.29, 0.717) is 33.9 Å². The molecule has 2 fully saturated rings. The van der Waals surface area contributed by atoms with Crippen molar-refractivity contribution in [1.82, 2.24) is 30.1 Å². The molecule has 7 rings (SSSR count). The van der Waals surface area contributed by atoms with Crippen LogP contribution >= 0.6 is 15.9 Å². The van der Waals surface area contributed by atoms with Crippen LogP contribution in [0.15, 0.2) is 77.3 Å². The topological polar surface area (TPSA) is 165 Å². The van der Waals surface area contributed by atoms with E-state index in [-0.39, 0.29) is 32.1 Å². The molecule has 5 bridgehead atoms. The molecule has 8 atom stereocenters. The van der Waals surface area contributed by atoms with E-state index in [4.69, 9.17) is 14.2 Å². The monoisotopic (exact) mass is 776 g/mol. The van der Waals surface area contributed by atoms with Crippen LogP contribution in [0.3, 0.4) is 0 Å². The first-order chi connectivity index (χ1) is 25.2. The first kappa shape index (κ1) is 35.9. The lowest BCUT2D eigenvalue weighted by atomic mass is 9.74. The molecule has 3 amide bonds. The van der Waals surface area contributed by atoms with Gasteiger partial charge in [0.25, 0.3) is 5.91 Å². The molecule has 4 aliphatic heterocycles. The average molecular weight is 778 g/mol. The fraction of sp³-hybridized carbons (Fsp3) is 0.459. The second kappa shape index (κ2) is 14.9. The zero-order valence-electron chi connectivity index (χ0n) is 28.8. The molecule has 4 aliphatic rings. The number of allylic oxidation sites excluding steroid dienone is 1. The summed E-state index contributed by atoms with van der Waals surface area (Å²) >= 11 is 3.60. The predicted octanol–water partition coefficient (Wildman–Crippen LogP) is 2.63. The number of methoxy groups -OCH3 is 1. The summed E-state index contributed by atoms with van der Waals surface area (Å²) in [5.74, 6) is -4.21. The summed E-state index contributed by atoms with van der Waals surface area (Å²) < 4.78 is 20.6. The highest BCUT2D eigenvalue weighted by atomic mass is 79.9. The Kier molecular flexibility index (Phi) is 10.3. The molecule has 0 radical (unpaired) electrons. The van der Waals surface area contributed by atoms with Crippen molar-refractivity contribution < 1.29 is 38.5 Å². The summed E-state index contributed by atoms with van der Waals surface area (Å²) in [7, 11) is 1.50. The van der Waals surface area contributed by atoms with E-state index in [9.17, 15) is 19.5 Å². The van der Waals surface area contributed by atoms with Crippen LogP contribution in [0, 0.1) is 11.8 Å². The van der Waals surface area contributed by atoms with Gasteiger partial charge in [0.2, 0.25) is 11.8 Å². The number of aromatic nitrogens is 3. The number of aliphatic hydroxyl groups is 1. The van der Waals surface area contributed by atoms with Crippen molar-refractivity contribution in [1.29, 1.82) is 0 Å². The number of nitrogens with zero attached hydrogens (tertiary/aromatic N) is 5. The highest BCUT2D eigenvalue weighted by Crippen LogP contribution is 2.59. The zero-order valence-corrected chi connectivity index (χ0v) is 30.4. The Balaban J connectivity index is 1.34. The summed E-state index contributed by atoms with van der Waals surface area (Å²) in [6.07, 6.45) is 4.31. The molecule has 5 heterocycles. The number of hydrogen-bond donors (Lipinski definition) is 2. The van der Waals surface area contributed by atoms with Crippen molar-refractivity contribution in [2.75, 3.05) is 26.9 Å². The summed E-state index contributed by atoms with van der Waals surface area (Å²) in [6, 6.07) is 13.7. The number of para-hydroxylation sites is 1. The van der Waals surface area contributed by atoms with Crippen molar-refractivity contribution in [3.05, 3.63) is 82.9 Å². The van der Waals surface area contributed by atoms with E-state index in [0.717, 1.165) is 0 Å². The van der Waals surface area contributed by atoms with Gasteiger partial charge >= 0.3 is 5.97 Å². The minimum Gasteiger partial charge on any atom is -0.455 e. The Bertz CT molecular complexity index is 1900. The van der Waals surface area contributed by atoms with Crippen molar-refractivity contribution in [3.63, 3.8) is 0 Å². The third-order valence-electron chi connectivity index (χ3n) is 10.4. The Hall–Kier alpha value is -4.44. The molecule has 1 spiro atoms. The molecule has 2 saturated heterocycles. The highest BCUT2D eigenvalue weighted by molar-refractivity contribution is 9.11. The van der Waals surface area contributed by atoms with Crippen LogP contribution < -0.4 is 5.32 Å². The number of hydrogen-bond acceptors (Lipinski definition) is 10. The van der Waals surface area contributed by atoms with Gasteiger partial charge < -0.3 is 34.4 Å². The van der Waals surface area contributed by atoms with E-state index in [1.54, 1.807) is 46.0 Å². The molecule has 3 aromatic rings. The second-order valence-corrected chi connectivity index (χ2v) is 14.4. The van der Waals surface area contributed by atoms with E-state index >= 15 is 4.79 Å². The minimum atomic E-state index is -1.55. The SMILES string of the molecule is CC[C@@H](CO)N1C(=O)[C@H]2[C@@H]3C(=O)O[C@H](c4ccccc4)[C@@H](COC)NC(=O)CC/C=C\CN(Cn4nnc5ccccc54)C(=O)[C@H]1[C@@]21C=C(Br)[C@@H]3O1. The van der Waals surface area contributed by atoms with Gasteiger partial charge in [0.05, 0.1) is 36.7 Å². The average Bonchev–Trinajstić information content (AvgIpc) is 3.87. The number of carbonyl (C=O) groups is 4. The number of fused-ring (bicyclic) bond motifs is 3. The Morgan fingerprint density at radius 1 is 1.06 bits per heavy atom. The Morgan fingerprint density at radius 3 is 2.58 bits per heavy atom. The molecule has 2 aromatic carbocycles. The van der Waals surface area contributed by atoms with Gasteiger partial charge in [0.1, 0.15) is 42.0 Å². The van der Waals surface area contributed by atoms with Crippen LogP contribution in [0.4, 0.5) is 0 Å². The van der Waals surface area contributed by atoms with Gasteiger partial charge in [0, 0.05) is 24.6 Å². The summed E-state index contributed by atoms with van der Waals surface area (Å²) in [5.41, 5.74) is 0.432. The lowest BCUT2D eigenvalue weighted by Crippen LogP contribution is -2.58. The Morgan fingerprint density at radius 2 is 1.83 bits per heavy atom. The molecular weight excluding hydrogens is 736 g/mol. The fourth-order valence-electron chi connectivity index (χ4n) is 8.01. The minimum absolute atomic E-state index is 0.0173. The molecule has 0 unspecified atom stereocenters. The molecule has 0 saturated carbocycles. The van der Waals surface area contributed by atoms with Crippen molar-refractivity contribution in [2.45, 2.75) is 68.8 Å². The largest absolute Gasteiger partial charge is 0.455 e. The number of nitrogens with one attached hydrogen (secondary N) is 1. The van der Waals surface area contributed by atoms with E-state index in [1.807, 2.05) is 43.3 Å². The molecule has 1 aromatic heterocycles. The van der Waals surface area contributed by atoms with Gasteiger partial charge in [0.15, 0.2) is 0 Å². The highest BCUT2D eigenvalue weighted by Gasteiger charge is 2.75. The zero-order chi connectivity index (χ0) is 36.6. The fourth-order valence-corrected chi connectivity index (χ4v) is 8.75. The van der Waals surface area contributed by atoms with E-state index in [1.165, 1.54) is 12.0 Å². The lowest BCUT2D eigenvalue weighted by Gasteiger charge is -2.38. The molecule has 52 heavy (non-hydrogen) atoms. The van der Waals surface area contributed by atoms with Crippen LogP contribution in [-0.2, 0) is 40.1 Å². The summed E-state index contributed by atoms with van der Waals surface area (Å²) in [4.78, 5) is 60.6. The van der Waals surface area contributed by atoms with Gasteiger partial charge in [-0.3, -0.25) is 19.2 Å². The second-order valence-electron chi connectivity index (χ2n) is 13.5. The van der Waals surface area contributed by atoms with Crippen LogP contribution in [0.25, 0.3) is 11.0 Å². The predicted molar refractivity (Wildman–Crippen MR) is 190 cm³/mol. The molecule has 0 aliphatic carbocycles. The maximum Gasteiger partial charge on any atom is 0.313 e. The van der Waals surface area contributed by atoms with E-state index in [2.05, 4.69) is 31.6 Å². The summed E-state index contributed by atoms with van der Waals surface area (Å²) in [6.45, 7) is 1.55. The number of aliphatic hydroxyl groups excluding tert-OH is 1. The van der Waals surface area contributed by atoms with Crippen LogP contribution in [0.5, 0.6) is 0 Å². The molecule has 2 N–H and O–H groups in total. The molecule has 15 heteroatoms. The van der Waals surface area contributed by atoms with Crippen LogP contribution in [-0.4, -0.2) is 110 Å². The maximum absolute atomic E-state index is 15.1. The van der Waals surface area contributed by atoms with Crippen molar-refractivity contribution in [2.24, 2.45) is 11.8 Å². The first-order valence-corrected chi connectivity index (χ1v) is 18.3. The molecule has 14 nitrogen and oxygen atoms in total. The quantitative estimate of drug-likeness (QED) is 0.257. The van der Waals surface area contributed by atoms with Crippen LogP contribution in [0.1, 0.15) is 37.9 Å². The number of ether oxygens (including phenoxy) is 3. The van der Waals surface area contributed by atoms with Gasteiger partial charge in [-0.05, 0) is 36.6 Å².